The van der Waals surface area contributed by atoms with Crippen molar-refractivity contribution in [3.63, 3.8) is 0 Å². The number of para-hydroxylation sites is 1. The highest BCUT2D eigenvalue weighted by atomic mass is 19.4. The molecule has 0 fully saturated rings. The highest BCUT2D eigenvalue weighted by Gasteiger charge is 2.36. The van der Waals surface area contributed by atoms with Crippen molar-refractivity contribution in [3.8, 4) is 0 Å². The zero-order valence-corrected chi connectivity index (χ0v) is 13.8. The predicted molar refractivity (Wildman–Crippen MR) is 90.7 cm³/mol. The van der Waals surface area contributed by atoms with Gasteiger partial charge >= 0.3 is 6.18 Å². The number of hydrogen-bond acceptors (Lipinski definition) is 2. The highest BCUT2D eigenvalue weighted by Crippen LogP contribution is 2.35. The topological polar surface area (TPSA) is 41.5 Å². The molecule has 1 aliphatic heterocycles. The van der Waals surface area contributed by atoms with Gasteiger partial charge in [0.2, 0.25) is 5.91 Å². The molecule has 1 amide bonds. The normalized spacial score (nSPS) is 20.0. The van der Waals surface area contributed by atoms with E-state index in [4.69, 9.17) is 0 Å². The van der Waals surface area contributed by atoms with E-state index < -0.39 is 29.5 Å². The lowest BCUT2D eigenvalue weighted by molar-refractivity contribution is -0.137. The molecular formula is C19H16F4N2O. The Balaban J connectivity index is 1.82. The van der Waals surface area contributed by atoms with Gasteiger partial charge in [0.25, 0.3) is 0 Å². The minimum atomic E-state index is -4.41. The third-order valence-corrected chi connectivity index (χ3v) is 4.32. The Morgan fingerprint density at radius 3 is 2.38 bits per heavy atom. The van der Waals surface area contributed by atoms with E-state index >= 15 is 0 Å². The van der Waals surface area contributed by atoms with Crippen LogP contribution in [0.25, 0.3) is 0 Å². The van der Waals surface area contributed by atoms with Crippen molar-refractivity contribution in [1.29, 1.82) is 0 Å². The number of halogens is 4. The molecule has 0 bridgehead atoms. The SMILES string of the molecule is CC1=NC(C(=O)Nc2ccccc2F)C(c2ccc(C(F)(F)F)cc2)C1. The summed E-state index contributed by atoms with van der Waals surface area (Å²) >= 11 is 0. The van der Waals surface area contributed by atoms with Gasteiger partial charge in [0, 0.05) is 11.6 Å². The molecule has 2 aromatic rings. The summed E-state index contributed by atoms with van der Waals surface area (Å²) in [6.45, 7) is 1.76. The van der Waals surface area contributed by atoms with Crippen LogP contribution in [-0.2, 0) is 11.0 Å². The van der Waals surface area contributed by atoms with Crippen LogP contribution in [0.4, 0.5) is 23.2 Å². The van der Waals surface area contributed by atoms with Crippen molar-refractivity contribution in [2.75, 3.05) is 5.32 Å². The number of rotatable bonds is 3. The lowest BCUT2D eigenvalue weighted by Gasteiger charge is -2.19. The number of benzene rings is 2. The van der Waals surface area contributed by atoms with Gasteiger partial charge in [0.1, 0.15) is 11.9 Å². The van der Waals surface area contributed by atoms with E-state index in [1.165, 1.54) is 30.3 Å². The first kappa shape index (κ1) is 18.1. The summed E-state index contributed by atoms with van der Waals surface area (Å²) < 4.78 is 51.9. The maximum Gasteiger partial charge on any atom is 0.416 e. The van der Waals surface area contributed by atoms with Crippen LogP contribution in [-0.4, -0.2) is 17.7 Å². The van der Waals surface area contributed by atoms with E-state index in [2.05, 4.69) is 10.3 Å². The van der Waals surface area contributed by atoms with Crippen molar-refractivity contribution >= 4 is 17.3 Å². The third-order valence-electron chi connectivity index (χ3n) is 4.32. The lowest BCUT2D eigenvalue weighted by atomic mass is 9.89. The van der Waals surface area contributed by atoms with Gasteiger partial charge in [-0.3, -0.25) is 9.79 Å². The molecular weight excluding hydrogens is 348 g/mol. The van der Waals surface area contributed by atoms with E-state index in [9.17, 15) is 22.4 Å². The van der Waals surface area contributed by atoms with Crippen molar-refractivity contribution in [2.24, 2.45) is 4.99 Å². The number of carbonyl (C=O) groups is 1. The van der Waals surface area contributed by atoms with Gasteiger partial charge in [-0.15, -0.1) is 0 Å². The number of alkyl halides is 3. The molecule has 3 nitrogen and oxygen atoms in total. The number of nitrogens with one attached hydrogen (secondary N) is 1. The second kappa shape index (κ2) is 6.90. The minimum absolute atomic E-state index is 0.0448. The van der Waals surface area contributed by atoms with Crippen molar-refractivity contribution in [1.82, 2.24) is 0 Å². The quantitative estimate of drug-likeness (QED) is 0.781. The number of amides is 1. The summed E-state index contributed by atoms with van der Waals surface area (Å²) in [6, 6.07) is 9.67. The molecule has 2 aromatic carbocycles. The average molecular weight is 364 g/mol. The molecule has 0 aromatic heterocycles. The molecule has 0 spiro atoms. The minimum Gasteiger partial charge on any atom is -0.322 e. The van der Waals surface area contributed by atoms with Crippen LogP contribution in [0.5, 0.6) is 0 Å². The van der Waals surface area contributed by atoms with Gasteiger partial charge in [-0.1, -0.05) is 24.3 Å². The van der Waals surface area contributed by atoms with Gasteiger partial charge in [-0.05, 0) is 43.2 Å². The van der Waals surface area contributed by atoms with Crippen molar-refractivity contribution in [3.05, 3.63) is 65.5 Å². The molecule has 7 heteroatoms. The van der Waals surface area contributed by atoms with E-state index in [1.54, 1.807) is 13.0 Å². The summed E-state index contributed by atoms with van der Waals surface area (Å²) in [7, 11) is 0. The summed E-state index contributed by atoms with van der Waals surface area (Å²) in [6.07, 6.45) is -3.96. The fourth-order valence-electron chi connectivity index (χ4n) is 3.04. The third kappa shape index (κ3) is 3.76. The zero-order chi connectivity index (χ0) is 18.9. The molecule has 2 atom stereocenters. The smallest absolute Gasteiger partial charge is 0.322 e. The van der Waals surface area contributed by atoms with Gasteiger partial charge in [-0.25, -0.2) is 4.39 Å². The zero-order valence-electron chi connectivity index (χ0n) is 13.8. The van der Waals surface area contributed by atoms with Crippen LogP contribution in [0, 0.1) is 5.82 Å². The monoisotopic (exact) mass is 364 g/mol. The van der Waals surface area contributed by atoms with Gasteiger partial charge in [-0.2, -0.15) is 13.2 Å². The first-order chi connectivity index (χ1) is 12.3. The van der Waals surface area contributed by atoms with Gasteiger partial charge < -0.3 is 5.32 Å². The Morgan fingerprint density at radius 2 is 1.77 bits per heavy atom. The lowest BCUT2D eigenvalue weighted by Crippen LogP contribution is -2.30. The largest absolute Gasteiger partial charge is 0.416 e. The second-order valence-corrected chi connectivity index (χ2v) is 6.21. The van der Waals surface area contributed by atoms with Crippen LogP contribution in [0.1, 0.15) is 30.4 Å². The standard InChI is InChI=1S/C19H16F4N2O/c1-11-10-14(12-6-8-13(9-7-12)19(21,22)23)17(24-11)18(26)25-16-5-3-2-4-15(16)20/h2-9,14,17H,10H2,1H3,(H,25,26). The molecule has 1 N–H and O–H groups in total. The number of anilines is 1. The summed E-state index contributed by atoms with van der Waals surface area (Å²) in [5.74, 6) is -1.44. The molecule has 0 saturated heterocycles. The number of aliphatic imine (C=N–C) groups is 1. The van der Waals surface area contributed by atoms with Crippen LogP contribution >= 0.6 is 0 Å². The number of nitrogens with zero attached hydrogens (tertiary/aromatic N) is 1. The molecule has 3 rings (SSSR count). The summed E-state index contributed by atoms with van der Waals surface area (Å²) in [4.78, 5) is 16.9. The van der Waals surface area contributed by atoms with Crippen molar-refractivity contribution < 1.29 is 22.4 Å². The second-order valence-electron chi connectivity index (χ2n) is 6.21. The molecule has 0 saturated carbocycles. The fourth-order valence-corrected chi connectivity index (χ4v) is 3.04. The number of carbonyl (C=O) groups excluding carboxylic acids is 1. The average Bonchev–Trinajstić information content (AvgIpc) is 2.98. The van der Waals surface area contributed by atoms with Crippen LogP contribution in [0.2, 0.25) is 0 Å². The Labute approximate surface area is 147 Å². The summed E-state index contributed by atoms with van der Waals surface area (Å²) in [5, 5.41) is 2.51. The first-order valence-corrected chi connectivity index (χ1v) is 8.01. The van der Waals surface area contributed by atoms with Crippen LogP contribution < -0.4 is 5.32 Å². The Morgan fingerprint density at radius 1 is 1.12 bits per heavy atom. The molecule has 1 heterocycles. The Bertz CT molecular complexity index is 843. The molecule has 1 aliphatic rings. The molecule has 136 valence electrons. The van der Waals surface area contributed by atoms with Crippen LogP contribution in [0.15, 0.2) is 53.5 Å². The van der Waals surface area contributed by atoms with E-state index in [-0.39, 0.29) is 11.6 Å². The Kier molecular flexibility index (Phi) is 4.80. The Hall–Kier alpha value is -2.70. The van der Waals surface area contributed by atoms with Crippen molar-refractivity contribution in [2.45, 2.75) is 31.5 Å². The maximum absolute atomic E-state index is 13.7. The van der Waals surface area contributed by atoms with E-state index in [1.807, 2.05) is 0 Å². The molecule has 26 heavy (non-hydrogen) atoms. The first-order valence-electron chi connectivity index (χ1n) is 8.01. The fraction of sp³-hybridized carbons (Fsp3) is 0.263. The maximum atomic E-state index is 13.7. The number of hydrogen-bond donors (Lipinski definition) is 1. The summed E-state index contributed by atoms with van der Waals surface area (Å²) in [5.41, 5.74) is 0.614. The predicted octanol–water partition coefficient (Wildman–Crippen LogP) is 4.80. The highest BCUT2D eigenvalue weighted by molar-refractivity contribution is 6.00. The van der Waals surface area contributed by atoms with E-state index in [0.717, 1.165) is 17.8 Å². The van der Waals surface area contributed by atoms with E-state index in [0.29, 0.717) is 12.0 Å². The molecule has 0 aliphatic carbocycles. The van der Waals surface area contributed by atoms with Crippen LogP contribution in [0.3, 0.4) is 0 Å². The molecule has 0 radical (unpaired) electrons. The van der Waals surface area contributed by atoms with Gasteiger partial charge in [0.15, 0.2) is 0 Å². The van der Waals surface area contributed by atoms with Gasteiger partial charge in [0.05, 0.1) is 11.3 Å². The molecule has 2 unspecified atom stereocenters.